The molecule has 0 bridgehead atoms. The highest BCUT2D eigenvalue weighted by atomic mass is 31.2. The molecular weight excluding hydrogens is 1330 g/mol. The molecule has 0 amide bonds. The van der Waals surface area contributed by atoms with Crippen molar-refractivity contribution >= 4 is 39.5 Å². The van der Waals surface area contributed by atoms with Gasteiger partial charge in [0.15, 0.2) is 12.2 Å². The van der Waals surface area contributed by atoms with Gasteiger partial charge in [0.2, 0.25) is 0 Å². The van der Waals surface area contributed by atoms with E-state index in [1.165, 1.54) is 263 Å². The third-order valence-corrected chi connectivity index (χ3v) is 21.4. The van der Waals surface area contributed by atoms with E-state index in [0.29, 0.717) is 31.6 Å². The third-order valence-electron chi connectivity index (χ3n) is 19.5. The SMILES string of the molecule is CCCCCCCCCCCCCCCCCCCCCCCC(=O)O[C@H](COC(=O)CCCCCCCCCCCCCCCCCCCCCC)COP(=O)(O)OC[C@@H](O)COP(=O)(O)OC[C@@H](COC(=O)CCCCCCCCC(C)C)OC(=O)CCCCCCCCCCCCCC. The number of phosphoric acid groups is 2. The zero-order valence-electron chi connectivity index (χ0n) is 66.8. The number of hydrogen-bond donors (Lipinski definition) is 3. The van der Waals surface area contributed by atoms with Crippen molar-refractivity contribution in [2.24, 2.45) is 5.92 Å². The lowest BCUT2D eigenvalue weighted by Gasteiger charge is -2.21. The molecule has 606 valence electrons. The maximum Gasteiger partial charge on any atom is 0.472 e. The van der Waals surface area contributed by atoms with E-state index < -0.39 is 97.5 Å². The Morgan fingerprint density at radius 2 is 0.451 bits per heavy atom. The Bertz CT molecular complexity index is 1940. The molecule has 19 heteroatoms. The summed E-state index contributed by atoms with van der Waals surface area (Å²) in [5, 5.41) is 10.6. The molecule has 0 aliphatic rings. The zero-order valence-corrected chi connectivity index (χ0v) is 68.5. The number of carbonyl (C=O) groups excluding carboxylic acids is 4. The Kier molecular flexibility index (Phi) is 74.4. The van der Waals surface area contributed by atoms with Crippen LogP contribution in [0.15, 0.2) is 0 Å². The molecular formula is C83H162O17P2. The number of ether oxygens (including phenoxy) is 4. The standard InChI is InChI=1S/C83H162O17P2/c1-6-9-12-15-18-21-24-27-29-31-33-35-37-39-41-43-46-49-52-59-64-69-83(88)99-78(72-93-80(85)66-61-56-50-47-45-42-40-38-36-34-32-30-28-25-22-19-16-13-10-7-2)74-97-101(89,90)95-70-77(84)71-96-102(91,92)98-75-79(73-94-81(86)67-62-57-54-53-55-60-65-76(4)5)100-82(87)68-63-58-51-48-44-26-23-20-17-14-11-8-3/h76-79,84H,6-75H2,1-5H3,(H,89,90)(H,91,92)/t77-,78-,79-/m1/s1. The molecule has 0 spiro atoms. The predicted molar refractivity (Wildman–Crippen MR) is 418 cm³/mol. The van der Waals surface area contributed by atoms with Gasteiger partial charge in [-0.3, -0.25) is 37.3 Å². The van der Waals surface area contributed by atoms with Crippen LogP contribution in [0.2, 0.25) is 0 Å². The van der Waals surface area contributed by atoms with E-state index in [9.17, 15) is 43.2 Å². The Morgan fingerprint density at radius 3 is 0.667 bits per heavy atom. The first-order valence-corrected chi connectivity index (χ1v) is 46.1. The van der Waals surface area contributed by atoms with Gasteiger partial charge in [-0.05, 0) is 31.6 Å². The van der Waals surface area contributed by atoms with E-state index in [1.54, 1.807) is 0 Å². The number of hydrogen-bond acceptors (Lipinski definition) is 15. The van der Waals surface area contributed by atoms with Crippen molar-refractivity contribution in [3.05, 3.63) is 0 Å². The van der Waals surface area contributed by atoms with Crippen LogP contribution in [-0.4, -0.2) is 96.7 Å². The molecule has 0 heterocycles. The first-order valence-electron chi connectivity index (χ1n) is 43.1. The molecule has 0 aromatic carbocycles. The van der Waals surface area contributed by atoms with Gasteiger partial charge in [-0.1, -0.05) is 394 Å². The summed E-state index contributed by atoms with van der Waals surface area (Å²) in [5.74, 6) is -1.43. The molecule has 5 atom stereocenters. The van der Waals surface area contributed by atoms with Gasteiger partial charge in [-0.2, -0.15) is 0 Å². The Hall–Kier alpha value is -1.94. The quantitative estimate of drug-likeness (QED) is 0.0222. The summed E-state index contributed by atoms with van der Waals surface area (Å²) < 4.78 is 68.7. The summed E-state index contributed by atoms with van der Waals surface area (Å²) in [6.07, 6.45) is 68.4. The van der Waals surface area contributed by atoms with Crippen LogP contribution in [0.4, 0.5) is 0 Å². The number of rotatable bonds is 83. The highest BCUT2D eigenvalue weighted by molar-refractivity contribution is 7.47. The van der Waals surface area contributed by atoms with Crippen molar-refractivity contribution in [3.63, 3.8) is 0 Å². The van der Waals surface area contributed by atoms with Gasteiger partial charge in [0.05, 0.1) is 26.4 Å². The average Bonchev–Trinajstić information content (AvgIpc) is 0.910. The summed E-state index contributed by atoms with van der Waals surface area (Å²) in [5.41, 5.74) is 0. The van der Waals surface area contributed by atoms with Crippen molar-refractivity contribution < 1.29 is 80.2 Å². The first-order chi connectivity index (χ1) is 49.5. The molecule has 102 heavy (non-hydrogen) atoms. The van der Waals surface area contributed by atoms with E-state index in [2.05, 4.69) is 34.6 Å². The van der Waals surface area contributed by atoms with Crippen molar-refractivity contribution in [1.82, 2.24) is 0 Å². The van der Waals surface area contributed by atoms with E-state index in [0.717, 1.165) is 96.3 Å². The maximum atomic E-state index is 13.1. The molecule has 0 saturated heterocycles. The molecule has 2 unspecified atom stereocenters. The summed E-state index contributed by atoms with van der Waals surface area (Å²) in [6.45, 7) is 7.25. The predicted octanol–water partition coefficient (Wildman–Crippen LogP) is 25.2. The third kappa shape index (κ3) is 76.3. The van der Waals surface area contributed by atoms with Gasteiger partial charge in [0.1, 0.15) is 19.3 Å². The van der Waals surface area contributed by atoms with Crippen LogP contribution >= 0.6 is 15.6 Å². The molecule has 0 radical (unpaired) electrons. The minimum absolute atomic E-state index is 0.107. The summed E-state index contributed by atoms with van der Waals surface area (Å²) in [6, 6.07) is 0. The van der Waals surface area contributed by atoms with Gasteiger partial charge in [0.25, 0.3) is 0 Å². The lowest BCUT2D eigenvalue weighted by atomic mass is 10.0. The molecule has 0 aliphatic heterocycles. The molecule has 0 aromatic heterocycles. The monoisotopic (exact) mass is 1490 g/mol. The minimum Gasteiger partial charge on any atom is -0.462 e. The van der Waals surface area contributed by atoms with Crippen LogP contribution in [0.5, 0.6) is 0 Å². The second kappa shape index (κ2) is 75.9. The Labute approximate surface area is 626 Å². The summed E-state index contributed by atoms with van der Waals surface area (Å²) in [7, 11) is -9.92. The molecule has 0 rings (SSSR count). The summed E-state index contributed by atoms with van der Waals surface area (Å²) in [4.78, 5) is 73.0. The van der Waals surface area contributed by atoms with Crippen molar-refractivity contribution in [3.8, 4) is 0 Å². The average molecular weight is 1490 g/mol. The molecule has 0 saturated carbocycles. The van der Waals surface area contributed by atoms with Crippen LogP contribution in [-0.2, 0) is 65.4 Å². The first kappa shape index (κ1) is 100. The lowest BCUT2D eigenvalue weighted by Crippen LogP contribution is -2.30. The molecule has 17 nitrogen and oxygen atoms in total. The normalized spacial score (nSPS) is 13.8. The van der Waals surface area contributed by atoms with E-state index in [4.69, 9.17) is 37.0 Å². The number of phosphoric ester groups is 2. The van der Waals surface area contributed by atoms with Crippen molar-refractivity contribution in [2.45, 2.75) is 464 Å². The Balaban J connectivity index is 5.18. The van der Waals surface area contributed by atoms with Gasteiger partial charge in [0, 0.05) is 25.7 Å². The second-order valence-corrected chi connectivity index (χ2v) is 33.3. The van der Waals surface area contributed by atoms with Crippen LogP contribution in [0.1, 0.15) is 446 Å². The van der Waals surface area contributed by atoms with E-state index >= 15 is 0 Å². The number of aliphatic hydroxyl groups excluding tert-OH is 1. The van der Waals surface area contributed by atoms with Crippen molar-refractivity contribution in [2.75, 3.05) is 39.6 Å². The fourth-order valence-electron chi connectivity index (χ4n) is 12.9. The van der Waals surface area contributed by atoms with Crippen molar-refractivity contribution in [1.29, 1.82) is 0 Å². The van der Waals surface area contributed by atoms with Crippen LogP contribution in [0.3, 0.4) is 0 Å². The van der Waals surface area contributed by atoms with Crippen LogP contribution in [0, 0.1) is 5.92 Å². The zero-order chi connectivity index (χ0) is 74.8. The fraction of sp³-hybridized carbons (Fsp3) is 0.952. The van der Waals surface area contributed by atoms with E-state index in [-0.39, 0.29) is 25.7 Å². The molecule has 0 aromatic rings. The topological polar surface area (TPSA) is 237 Å². The Morgan fingerprint density at radius 1 is 0.265 bits per heavy atom. The fourth-order valence-corrected chi connectivity index (χ4v) is 14.5. The largest absolute Gasteiger partial charge is 0.472 e. The molecule has 0 aliphatic carbocycles. The highest BCUT2D eigenvalue weighted by Gasteiger charge is 2.30. The van der Waals surface area contributed by atoms with Gasteiger partial charge >= 0.3 is 39.5 Å². The number of unbranched alkanes of at least 4 members (excludes halogenated alkanes) is 55. The second-order valence-electron chi connectivity index (χ2n) is 30.3. The van der Waals surface area contributed by atoms with E-state index in [1.807, 2.05) is 0 Å². The molecule has 3 N–H and O–H groups in total. The van der Waals surface area contributed by atoms with Gasteiger partial charge in [-0.25, -0.2) is 9.13 Å². The summed E-state index contributed by atoms with van der Waals surface area (Å²) >= 11 is 0. The van der Waals surface area contributed by atoms with Crippen LogP contribution < -0.4 is 0 Å². The number of carbonyl (C=O) groups is 4. The highest BCUT2D eigenvalue weighted by Crippen LogP contribution is 2.45. The smallest absolute Gasteiger partial charge is 0.462 e. The van der Waals surface area contributed by atoms with Gasteiger partial charge in [-0.15, -0.1) is 0 Å². The number of aliphatic hydroxyl groups is 1. The maximum absolute atomic E-state index is 13.1. The van der Waals surface area contributed by atoms with Gasteiger partial charge < -0.3 is 33.8 Å². The number of esters is 4. The minimum atomic E-state index is -4.96. The lowest BCUT2D eigenvalue weighted by molar-refractivity contribution is -0.161. The van der Waals surface area contributed by atoms with Crippen LogP contribution in [0.25, 0.3) is 0 Å². The molecule has 0 fully saturated rings.